The van der Waals surface area contributed by atoms with Gasteiger partial charge in [-0.2, -0.15) is 0 Å². The van der Waals surface area contributed by atoms with Gasteiger partial charge in [-0.05, 0) is 106 Å². The molecule has 1 aliphatic carbocycles. The molecular formula is C22H23FOS. The topological polar surface area (TPSA) is 23.1 Å². The summed E-state index contributed by atoms with van der Waals surface area (Å²) in [5.74, 6) is 0.322. The standard InChI is InChI=1S/C22H23FOS/c1-14(2)11-20-15(3)21(19-10-7-17(23)13-22(19)20)12-16-5-8-18(9-6-16)25(4)24/h5-10,12-14H,11H2,1-4H3/b21-12-. The third-order valence-corrected chi connectivity index (χ3v) is 5.53. The van der Waals surface area contributed by atoms with Crippen LogP contribution < -0.4 is 0 Å². The van der Waals surface area contributed by atoms with Crippen LogP contribution >= 0.6 is 0 Å². The van der Waals surface area contributed by atoms with Crippen molar-refractivity contribution in [1.82, 2.24) is 0 Å². The molecule has 0 aliphatic heterocycles. The number of allylic oxidation sites excluding steroid dienone is 3. The minimum Gasteiger partial charge on any atom is -0.612 e. The Balaban J connectivity index is 2.07. The average Bonchev–Trinajstić information content (AvgIpc) is 2.80. The van der Waals surface area contributed by atoms with Gasteiger partial charge in [-0.1, -0.05) is 19.9 Å². The molecule has 0 heterocycles. The third kappa shape index (κ3) is 3.73. The van der Waals surface area contributed by atoms with Crippen LogP contribution in [0.1, 0.15) is 43.9 Å². The van der Waals surface area contributed by atoms with Gasteiger partial charge in [0.05, 0.1) is 0 Å². The van der Waals surface area contributed by atoms with Gasteiger partial charge in [-0.15, -0.1) is 0 Å². The van der Waals surface area contributed by atoms with Crippen LogP contribution in [0.4, 0.5) is 4.39 Å². The second-order valence-corrected chi connectivity index (χ2v) is 8.35. The Labute approximate surface area is 152 Å². The number of hydrogen-bond donors (Lipinski definition) is 0. The first-order valence-electron chi connectivity index (χ1n) is 8.52. The fourth-order valence-electron chi connectivity index (χ4n) is 3.35. The van der Waals surface area contributed by atoms with Crippen molar-refractivity contribution in [3.8, 4) is 0 Å². The molecule has 0 bridgehead atoms. The zero-order valence-corrected chi connectivity index (χ0v) is 15.9. The first-order valence-corrected chi connectivity index (χ1v) is 10.1. The fourth-order valence-corrected chi connectivity index (χ4v) is 3.87. The first-order chi connectivity index (χ1) is 11.9. The maximum Gasteiger partial charge on any atom is 0.152 e. The van der Waals surface area contributed by atoms with E-state index in [0.717, 1.165) is 33.6 Å². The summed E-state index contributed by atoms with van der Waals surface area (Å²) in [5.41, 5.74) is 6.78. The summed E-state index contributed by atoms with van der Waals surface area (Å²) in [7, 11) is 0. The van der Waals surface area contributed by atoms with Crippen LogP contribution in [-0.2, 0) is 11.2 Å². The van der Waals surface area contributed by atoms with Crippen LogP contribution in [0.3, 0.4) is 0 Å². The van der Waals surface area contributed by atoms with Crippen molar-refractivity contribution < 1.29 is 8.94 Å². The Morgan fingerprint density at radius 3 is 2.36 bits per heavy atom. The summed E-state index contributed by atoms with van der Waals surface area (Å²) < 4.78 is 25.4. The number of halogens is 1. The Bertz CT molecular complexity index is 845. The molecule has 1 nitrogen and oxygen atoms in total. The first kappa shape index (κ1) is 18.0. The second kappa shape index (κ2) is 7.19. The van der Waals surface area contributed by atoms with Crippen LogP contribution in [-0.4, -0.2) is 10.8 Å². The lowest BCUT2D eigenvalue weighted by Gasteiger charge is -2.09. The molecule has 0 radical (unpaired) electrons. The molecule has 3 rings (SSSR count). The van der Waals surface area contributed by atoms with E-state index in [-0.39, 0.29) is 5.82 Å². The SMILES string of the molecule is CC1=C(CC(C)C)c2cc(F)ccc2/C1=C\c1ccc([S+](C)[O-])cc1. The van der Waals surface area contributed by atoms with Gasteiger partial charge in [0.2, 0.25) is 0 Å². The number of hydrogen-bond acceptors (Lipinski definition) is 1. The van der Waals surface area contributed by atoms with Gasteiger partial charge in [0.25, 0.3) is 0 Å². The van der Waals surface area contributed by atoms with Crippen molar-refractivity contribution in [2.45, 2.75) is 32.1 Å². The molecule has 130 valence electrons. The van der Waals surface area contributed by atoms with E-state index >= 15 is 0 Å². The van der Waals surface area contributed by atoms with Gasteiger partial charge in [-0.3, -0.25) is 0 Å². The Kier molecular flexibility index (Phi) is 5.16. The van der Waals surface area contributed by atoms with Gasteiger partial charge in [0.15, 0.2) is 4.90 Å². The number of rotatable bonds is 4. The summed E-state index contributed by atoms with van der Waals surface area (Å²) in [5, 5.41) is 0. The van der Waals surface area contributed by atoms with E-state index in [1.165, 1.54) is 17.2 Å². The molecule has 0 spiro atoms. The molecular weight excluding hydrogens is 331 g/mol. The van der Waals surface area contributed by atoms with Gasteiger partial charge in [-0.25, -0.2) is 4.39 Å². The molecule has 0 saturated heterocycles. The van der Waals surface area contributed by atoms with Crippen molar-refractivity contribution in [1.29, 1.82) is 0 Å². The van der Waals surface area contributed by atoms with Crippen LogP contribution in [0.2, 0.25) is 0 Å². The maximum absolute atomic E-state index is 13.8. The Hall–Kier alpha value is -1.84. The van der Waals surface area contributed by atoms with E-state index in [2.05, 4.69) is 26.8 Å². The Morgan fingerprint density at radius 1 is 1.08 bits per heavy atom. The smallest absolute Gasteiger partial charge is 0.152 e. The van der Waals surface area contributed by atoms with Crippen molar-refractivity contribution in [3.05, 3.63) is 70.5 Å². The molecule has 3 heteroatoms. The molecule has 2 aromatic carbocycles. The summed E-state index contributed by atoms with van der Waals surface area (Å²) in [4.78, 5) is 0.823. The van der Waals surface area contributed by atoms with E-state index in [9.17, 15) is 8.94 Å². The van der Waals surface area contributed by atoms with Gasteiger partial charge >= 0.3 is 0 Å². The normalized spacial score (nSPS) is 16.7. The molecule has 2 aromatic rings. The van der Waals surface area contributed by atoms with Crippen LogP contribution in [0.25, 0.3) is 17.2 Å². The molecule has 0 fully saturated rings. The fraction of sp³-hybridized carbons (Fsp3) is 0.273. The summed E-state index contributed by atoms with van der Waals surface area (Å²) in [6.45, 7) is 6.49. The highest BCUT2D eigenvalue weighted by atomic mass is 32.2. The van der Waals surface area contributed by atoms with E-state index in [1.807, 2.05) is 30.3 Å². The van der Waals surface area contributed by atoms with Gasteiger partial charge in [0.1, 0.15) is 12.1 Å². The zero-order chi connectivity index (χ0) is 18.1. The average molecular weight is 354 g/mol. The molecule has 0 N–H and O–H groups in total. The summed E-state index contributed by atoms with van der Waals surface area (Å²) in [6.07, 6.45) is 4.76. The lowest BCUT2D eigenvalue weighted by Crippen LogP contribution is -1.96. The number of fused-ring (bicyclic) bond motifs is 1. The summed E-state index contributed by atoms with van der Waals surface area (Å²) >= 11 is -0.971. The lowest BCUT2D eigenvalue weighted by molar-refractivity contribution is 0.601. The molecule has 0 aromatic heterocycles. The van der Waals surface area contributed by atoms with Crippen molar-refractivity contribution >= 4 is 28.4 Å². The van der Waals surface area contributed by atoms with E-state index < -0.39 is 11.2 Å². The predicted molar refractivity (Wildman–Crippen MR) is 105 cm³/mol. The molecule has 1 aliphatic rings. The van der Waals surface area contributed by atoms with Crippen molar-refractivity contribution in [2.75, 3.05) is 6.26 Å². The Morgan fingerprint density at radius 2 is 1.76 bits per heavy atom. The monoisotopic (exact) mass is 354 g/mol. The highest BCUT2D eigenvalue weighted by Gasteiger charge is 2.24. The number of benzene rings is 2. The minimum atomic E-state index is -0.971. The van der Waals surface area contributed by atoms with E-state index in [4.69, 9.17) is 0 Å². The molecule has 0 amide bonds. The summed E-state index contributed by atoms with van der Waals surface area (Å²) in [6, 6.07) is 12.8. The highest BCUT2D eigenvalue weighted by molar-refractivity contribution is 7.90. The van der Waals surface area contributed by atoms with Gasteiger partial charge in [0, 0.05) is 0 Å². The van der Waals surface area contributed by atoms with E-state index in [1.54, 1.807) is 12.3 Å². The van der Waals surface area contributed by atoms with E-state index in [0.29, 0.717) is 5.92 Å². The van der Waals surface area contributed by atoms with Crippen LogP contribution in [0.5, 0.6) is 0 Å². The highest BCUT2D eigenvalue weighted by Crippen LogP contribution is 2.44. The van der Waals surface area contributed by atoms with Gasteiger partial charge < -0.3 is 4.55 Å². The second-order valence-electron chi connectivity index (χ2n) is 6.97. The lowest BCUT2D eigenvalue weighted by atomic mass is 9.96. The maximum atomic E-state index is 13.8. The van der Waals surface area contributed by atoms with Crippen molar-refractivity contribution in [3.63, 3.8) is 0 Å². The quantitative estimate of drug-likeness (QED) is 0.623. The zero-order valence-electron chi connectivity index (χ0n) is 15.1. The third-order valence-electron chi connectivity index (χ3n) is 4.59. The van der Waals surface area contributed by atoms with Crippen LogP contribution in [0, 0.1) is 11.7 Å². The van der Waals surface area contributed by atoms with Crippen LogP contribution in [0.15, 0.2) is 52.9 Å². The molecule has 1 unspecified atom stereocenters. The molecule has 1 atom stereocenters. The largest absolute Gasteiger partial charge is 0.612 e. The van der Waals surface area contributed by atoms with Crippen molar-refractivity contribution in [2.24, 2.45) is 5.92 Å². The minimum absolute atomic E-state index is 0.191. The molecule has 25 heavy (non-hydrogen) atoms. The molecule has 0 saturated carbocycles. The predicted octanol–water partition coefficient (Wildman–Crippen LogP) is 5.94.